The van der Waals surface area contributed by atoms with E-state index >= 15 is 0 Å². The number of aromatic nitrogens is 3. The molecule has 1 aliphatic rings. The molecule has 6 nitrogen and oxygen atoms in total. The molecule has 150 valence electrons. The molecule has 2 aromatic rings. The summed E-state index contributed by atoms with van der Waals surface area (Å²) in [5.74, 6) is 0.895. The fourth-order valence-corrected chi connectivity index (χ4v) is 3.93. The number of anilines is 1. The predicted molar refractivity (Wildman–Crippen MR) is 111 cm³/mol. The van der Waals surface area contributed by atoms with Gasteiger partial charge in [0.05, 0.1) is 11.9 Å². The van der Waals surface area contributed by atoms with Gasteiger partial charge in [0, 0.05) is 17.0 Å². The highest BCUT2D eigenvalue weighted by Crippen LogP contribution is 2.35. The van der Waals surface area contributed by atoms with Gasteiger partial charge in [0.15, 0.2) is 0 Å². The zero-order valence-corrected chi connectivity index (χ0v) is 18.1. The van der Waals surface area contributed by atoms with Crippen LogP contribution in [0.1, 0.15) is 90.7 Å². The second kappa shape index (κ2) is 6.28. The Balaban J connectivity index is 2.02. The van der Waals surface area contributed by atoms with Crippen molar-refractivity contribution in [3.63, 3.8) is 0 Å². The van der Waals surface area contributed by atoms with Crippen molar-refractivity contribution in [1.29, 1.82) is 0 Å². The number of carbonyl (C=O) groups excluding carboxylic acids is 1. The van der Waals surface area contributed by atoms with E-state index in [9.17, 15) is 4.79 Å². The molecule has 6 heteroatoms. The van der Waals surface area contributed by atoms with Gasteiger partial charge in [0.1, 0.15) is 17.0 Å². The van der Waals surface area contributed by atoms with Crippen LogP contribution in [0.4, 0.5) is 5.82 Å². The first-order valence-corrected chi connectivity index (χ1v) is 9.96. The maximum atomic E-state index is 12.6. The van der Waals surface area contributed by atoms with Gasteiger partial charge in [-0.25, -0.2) is 0 Å². The Morgan fingerprint density at radius 3 is 2.33 bits per heavy atom. The van der Waals surface area contributed by atoms with Crippen LogP contribution in [0.2, 0.25) is 0 Å². The van der Waals surface area contributed by atoms with Crippen molar-refractivity contribution in [2.45, 2.75) is 91.6 Å². The first-order valence-electron chi connectivity index (χ1n) is 9.96. The smallest absolute Gasteiger partial charge is 0.256 e. The predicted octanol–water partition coefficient (Wildman–Crippen LogP) is 4.48. The normalized spacial score (nSPS) is 16.0. The van der Waals surface area contributed by atoms with Crippen LogP contribution in [0.15, 0.2) is 6.20 Å². The molecule has 0 bridgehead atoms. The van der Waals surface area contributed by atoms with Crippen molar-refractivity contribution in [3.05, 3.63) is 17.5 Å². The monoisotopic (exact) mass is 373 g/mol. The summed E-state index contributed by atoms with van der Waals surface area (Å²) in [6, 6.07) is 0.327. The zero-order valence-electron chi connectivity index (χ0n) is 18.1. The molecule has 0 radical (unpaired) electrons. The molecule has 1 saturated carbocycles. The molecule has 2 heterocycles. The summed E-state index contributed by atoms with van der Waals surface area (Å²) in [6.07, 6.45) is 4.81. The number of fused-ring (bicyclic) bond motifs is 1. The van der Waals surface area contributed by atoms with Gasteiger partial charge in [-0.3, -0.25) is 4.79 Å². The minimum Gasteiger partial charge on any atom is -0.364 e. The number of nitrogens with one attached hydrogen (secondary N) is 3. The van der Waals surface area contributed by atoms with Gasteiger partial charge in [-0.05, 0) is 38.5 Å². The van der Waals surface area contributed by atoms with Crippen molar-refractivity contribution >= 4 is 17.4 Å². The van der Waals surface area contributed by atoms with Crippen molar-refractivity contribution in [2.24, 2.45) is 5.41 Å². The number of carbonyl (C=O) groups is 1. The topological polar surface area (TPSA) is 74.2 Å². The lowest BCUT2D eigenvalue weighted by Gasteiger charge is -2.34. The van der Waals surface area contributed by atoms with E-state index in [-0.39, 0.29) is 22.3 Å². The minimum absolute atomic E-state index is 0.0466. The number of rotatable bonds is 5. The Morgan fingerprint density at radius 1 is 1.19 bits per heavy atom. The zero-order chi connectivity index (χ0) is 20.2. The molecule has 0 aliphatic heterocycles. The van der Waals surface area contributed by atoms with Crippen LogP contribution in [0, 0.1) is 5.41 Å². The second-order valence-corrected chi connectivity index (χ2v) is 10.9. The molecule has 3 N–H and O–H groups in total. The molecule has 27 heavy (non-hydrogen) atoms. The summed E-state index contributed by atoms with van der Waals surface area (Å²) < 4.78 is 1.85. The first-order chi connectivity index (χ1) is 12.3. The molecule has 0 atom stereocenters. The number of imidazole rings is 1. The summed E-state index contributed by atoms with van der Waals surface area (Å²) >= 11 is 0. The van der Waals surface area contributed by atoms with Crippen LogP contribution in [-0.4, -0.2) is 32.1 Å². The number of H-pyrrole nitrogens is 1. The summed E-state index contributed by atoms with van der Waals surface area (Å²) in [6.45, 7) is 17.7. The number of nitrogens with zero attached hydrogens (tertiary/aromatic N) is 2. The average Bonchev–Trinajstić information content (AvgIpc) is 3.04. The van der Waals surface area contributed by atoms with Crippen molar-refractivity contribution in [3.8, 4) is 0 Å². The highest BCUT2D eigenvalue weighted by atomic mass is 16.1. The fourth-order valence-electron chi connectivity index (χ4n) is 3.93. The molecule has 2 aromatic heterocycles. The van der Waals surface area contributed by atoms with Gasteiger partial charge in [-0.1, -0.05) is 41.5 Å². The van der Waals surface area contributed by atoms with E-state index in [4.69, 9.17) is 0 Å². The third kappa shape index (κ3) is 4.47. The van der Waals surface area contributed by atoms with Crippen LogP contribution in [-0.2, 0) is 5.41 Å². The molecule has 3 rings (SSSR count). The van der Waals surface area contributed by atoms with E-state index in [1.54, 1.807) is 6.20 Å². The number of aromatic amines is 1. The Labute approximate surface area is 162 Å². The van der Waals surface area contributed by atoms with Crippen molar-refractivity contribution in [1.82, 2.24) is 19.9 Å². The molecule has 1 fully saturated rings. The molecular weight excluding hydrogens is 338 g/mol. The van der Waals surface area contributed by atoms with Gasteiger partial charge >= 0.3 is 0 Å². The van der Waals surface area contributed by atoms with Crippen LogP contribution in [0.5, 0.6) is 0 Å². The number of hydrogen-bond donors (Lipinski definition) is 3. The van der Waals surface area contributed by atoms with Gasteiger partial charge in [0.2, 0.25) is 0 Å². The van der Waals surface area contributed by atoms with Crippen molar-refractivity contribution in [2.75, 3.05) is 5.32 Å². The average molecular weight is 374 g/mol. The van der Waals surface area contributed by atoms with E-state index in [1.165, 1.54) is 0 Å². The molecule has 0 unspecified atom stereocenters. The van der Waals surface area contributed by atoms with E-state index in [0.29, 0.717) is 11.6 Å². The number of amides is 1. The van der Waals surface area contributed by atoms with Gasteiger partial charge in [-0.2, -0.15) is 9.61 Å². The van der Waals surface area contributed by atoms with Crippen LogP contribution < -0.4 is 10.6 Å². The maximum absolute atomic E-state index is 12.6. The summed E-state index contributed by atoms with van der Waals surface area (Å²) in [5.41, 5.74) is 2.41. The quantitative estimate of drug-likeness (QED) is 0.723. The molecule has 0 aromatic carbocycles. The summed E-state index contributed by atoms with van der Waals surface area (Å²) in [7, 11) is 0. The molecule has 0 spiro atoms. The Bertz CT molecular complexity index is 840. The van der Waals surface area contributed by atoms with Crippen LogP contribution in [0.25, 0.3) is 5.65 Å². The summed E-state index contributed by atoms with van der Waals surface area (Å²) in [4.78, 5) is 16.1. The first kappa shape index (κ1) is 19.8. The third-order valence-corrected chi connectivity index (χ3v) is 4.80. The number of hydrogen-bond acceptors (Lipinski definition) is 3. The van der Waals surface area contributed by atoms with E-state index in [1.807, 2.05) is 4.52 Å². The highest BCUT2D eigenvalue weighted by Gasteiger charge is 2.32. The SMILES string of the molecule is CC(C)(C)CC(C)(C)Nc1c(C(C)(C)C)[nH]c2c(C(=O)NC3CC3)cnn12. The maximum Gasteiger partial charge on any atom is 0.256 e. The molecular formula is C21H35N5O. The van der Waals surface area contributed by atoms with Crippen molar-refractivity contribution < 1.29 is 4.79 Å². The standard InChI is InChI=1S/C21H35N5O/c1-19(2,3)12-21(7,8)25-17-15(20(4,5)6)24-16-14(11-22-26(16)17)18(27)23-13-9-10-13/h11,13,24-25H,9-10,12H2,1-8H3,(H,23,27). The lowest BCUT2D eigenvalue weighted by atomic mass is 9.81. The molecule has 1 amide bonds. The Kier molecular flexibility index (Phi) is 4.60. The summed E-state index contributed by atoms with van der Waals surface area (Å²) in [5, 5.41) is 11.3. The lowest BCUT2D eigenvalue weighted by molar-refractivity contribution is 0.0952. The van der Waals surface area contributed by atoms with E-state index < -0.39 is 0 Å². The molecule has 1 aliphatic carbocycles. The van der Waals surface area contributed by atoms with Gasteiger partial charge in [0.25, 0.3) is 5.91 Å². The van der Waals surface area contributed by atoms with E-state index in [2.05, 4.69) is 76.1 Å². The largest absolute Gasteiger partial charge is 0.364 e. The highest BCUT2D eigenvalue weighted by molar-refractivity contribution is 6.00. The Hall–Kier alpha value is -1.98. The fraction of sp³-hybridized carbons (Fsp3) is 0.714. The molecule has 0 saturated heterocycles. The second-order valence-electron chi connectivity index (χ2n) is 10.9. The van der Waals surface area contributed by atoms with Gasteiger partial charge in [-0.15, -0.1) is 0 Å². The van der Waals surface area contributed by atoms with Crippen LogP contribution in [0.3, 0.4) is 0 Å². The van der Waals surface area contributed by atoms with Gasteiger partial charge < -0.3 is 15.6 Å². The van der Waals surface area contributed by atoms with Crippen LogP contribution >= 0.6 is 0 Å². The minimum atomic E-state index is -0.115. The lowest BCUT2D eigenvalue weighted by Crippen LogP contribution is -2.36. The third-order valence-electron chi connectivity index (χ3n) is 4.80. The Morgan fingerprint density at radius 2 is 1.81 bits per heavy atom. The van der Waals surface area contributed by atoms with E-state index in [0.717, 1.165) is 36.4 Å².